The van der Waals surface area contributed by atoms with E-state index in [4.69, 9.17) is 9.47 Å². The Morgan fingerprint density at radius 3 is 2.50 bits per heavy atom. The summed E-state index contributed by atoms with van der Waals surface area (Å²) in [7, 11) is 1.48. The fourth-order valence-corrected chi connectivity index (χ4v) is 2.60. The van der Waals surface area contributed by atoms with Crippen LogP contribution in [0.25, 0.3) is 0 Å². The van der Waals surface area contributed by atoms with Crippen molar-refractivity contribution in [1.82, 2.24) is 0 Å². The number of hydrogen-bond donors (Lipinski definition) is 1. The Labute approximate surface area is 152 Å². The summed E-state index contributed by atoms with van der Waals surface area (Å²) in [4.78, 5) is 25.0. The Morgan fingerprint density at radius 1 is 1.17 bits per heavy atom. The minimum absolute atomic E-state index is 0.284. The zero-order valence-corrected chi connectivity index (χ0v) is 15.6. The number of amides is 1. The number of thioether (sulfide) groups is 1. The van der Waals surface area contributed by atoms with Crippen molar-refractivity contribution in [3.8, 4) is 5.75 Å². The SMILES string of the molecule is COc1cc(SC)ccc1C(=O)OCC(=O)Nc1ccc(Br)cc1. The first-order chi connectivity index (χ1) is 11.5. The van der Waals surface area contributed by atoms with Gasteiger partial charge < -0.3 is 14.8 Å². The third-order valence-corrected chi connectivity index (χ3v) is 4.34. The summed E-state index contributed by atoms with van der Waals surface area (Å²) in [5, 5.41) is 2.65. The predicted octanol–water partition coefficient (Wildman–Crippen LogP) is 3.98. The van der Waals surface area contributed by atoms with Gasteiger partial charge in [0.25, 0.3) is 5.91 Å². The van der Waals surface area contributed by atoms with Crippen LogP contribution in [-0.4, -0.2) is 31.8 Å². The third-order valence-electron chi connectivity index (χ3n) is 3.09. The summed E-state index contributed by atoms with van der Waals surface area (Å²) in [5.41, 5.74) is 0.910. The third kappa shape index (κ3) is 5.01. The zero-order valence-electron chi connectivity index (χ0n) is 13.2. The van der Waals surface area contributed by atoms with Gasteiger partial charge in [0, 0.05) is 15.1 Å². The van der Waals surface area contributed by atoms with Crippen LogP contribution in [0.4, 0.5) is 5.69 Å². The standard InChI is InChI=1S/C17H16BrNO4S/c1-22-15-9-13(24-2)7-8-14(15)17(21)23-10-16(20)19-12-5-3-11(18)4-6-12/h3-9H,10H2,1-2H3,(H,19,20). The Morgan fingerprint density at radius 2 is 1.88 bits per heavy atom. The number of halogens is 1. The van der Waals surface area contributed by atoms with E-state index in [1.165, 1.54) is 18.9 Å². The summed E-state index contributed by atoms with van der Waals surface area (Å²) < 4.78 is 11.2. The minimum Gasteiger partial charge on any atom is -0.496 e. The largest absolute Gasteiger partial charge is 0.496 e. The maximum absolute atomic E-state index is 12.1. The Bertz CT molecular complexity index is 734. The molecule has 0 saturated carbocycles. The highest BCUT2D eigenvalue weighted by molar-refractivity contribution is 9.10. The lowest BCUT2D eigenvalue weighted by atomic mass is 10.2. The van der Waals surface area contributed by atoms with E-state index in [1.54, 1.807) is 42.5 Å². The van der Waals surface area contributed by atoms with E-state index in [2.05, 4.69) is 21.2 Å². The van der Waals surface area contributed by atoms with Crippen molar-refractivity contribution in [2.24, 2.45) is 0 Å². The Balaban J connectivity index is 1.95. The lowest BCUT2D eigenvalue weighted by molar-refractivity contribution is -0.119. The molecule has 1 amide bonds. The second kappa shape index (κ2) is 8.75. The molecule has 0 unspecified atom stereocenters. The smallest absolute Gasteiger partial charge is 0.342 e. The fraction of sp³-hybridized carbons (Fsp3) is 0.176. The highest BCUT2D eigenvalue weighted by Crippen LogP contribution is 2.25. The molecule has 0 saturated heterocycles. The molecule has 7 heteroatoms. The number of rotatable bonds is 6. The Hall–Kier alpha value is -1.99. The van der Waals surface area contributed by atoms with E-state index in [9.17, 15) is 9.59 Å². The molecule has 1 N–H and O–H groups in total. The fourth-order valence-electron chi connectivity index (χ4n) is 1.91. The lowest BCUT2D eigenvalue weighted by Gasteiger charge is -2.10. The second-order valence-electron chi connectivity index (χ2n) is 4.70. The zero-order chi connectivity index (χ0) is 17.5. The van der Waals surface area contributed by atoms with Crippen LogP contribution in [0.1, 0.15) is 10.4 Å². The van der Waals surface area contributed by atoms with Crippen LogP contribution in [0, 0.1) is 0 Å². The van der Waals surface area contributed by atoms with Gasteiger partial charge in [-0.05, 0) is 48.7 Å². The molecule has 0 aliphatic rings. The van der Waals surface area contributed by atoms with Crippen molar-refractivity contribution < 1.29 is 19.1 Å². The van der Waals surface area contributed by atoms with Crippen LogP contribution in [0.5, 0.6) is 5.75 Å². The maximum Gasteiger partial charge on any atom is 0.342 e. The quantitative estimate of drug-likeness (QED) is 0.577. The van der Waals surface area contributed by atoms with Crippen LogP contribution in [0.2, 0.25) is 0 Å². The van der Waals surface area contributed by atoms with Gasteiger partial charge in [-0.2, -0.15) is 0 Å². The number of nitrogens with one attached hydrogen (secondary N) is 1. The number of carbonyl (C=O) groups excluding carboxylic acids is 2. The second-order valence-corrected chi connectivity index (χ2v) is 6.49. The number of carbonyl (C=O) groups is 2. The molecule has 0 heterocycles. The van der Waals surface area contributed by atoms with Crippen molar-refractivity contribution in [2.45, 2.75) is 4.90 Å². The van der Waals surface area contributed by atoms with E-state index < -0.39 is 11.9 Å². The molecule has 126 valence electrons. The van der Waals surface area contributed by atoms with Gasteiger partial charge in [0.15, 0.2) is 6.61 Å². The van der Waals surface area contributed by atoms with Gasteiger partial charge in [-0.3, -0.25) is 4.79 Å². The number of anilines is 1. The topological polar surface area (TPSA) is 64.6 Å². The molecule has 0 spiro atoms. The van der Waals surface area contributed by atoms with Crippen molar-refractivity contribution in [1.29, 1.82) is 0 Å². The first kappa shape index (κ1) is 18.4. The number of methoxy groups -OCH3 is 1. The van der Waals surface area contributed by atoms with E-state index in [-0.39, 0.29) is 12.2 Å². The highest BCUT2D eigenvalue weighted by Gasteiger charge is 2.16. The normalized spacial score (nSPS) is 10.1. The molecule has 5 nitrogen and oxygen atoms in total. The van der Waals surface area contributed by atoms with E-state index in [0.717, 1.165) is 9.37 Å². The molecule has 0 radical (unpaired) electrons. The molecule has 0 aliphatic carbocycles. The molecule has 0 bridgehead atoms. The molecule has 0 fully saturated rings. The molecule has 2 aromatic carbocycles. The van der Waals surface area contributed by atoms with Crippen LogP contribution in [0.15, 0.2) is 51.8 Å². The molecular formula is C17H16BrNO4S. The highest BCUT2D eigenvalue weighted by atomic mass is 79.9. The van der Waals surface area contributed by atoms with Gasteiger partial charge in [-0.1, -0.05) is 15.9 Å². The van der Waals surface area contributed by atoms with Crippen molar-refractivity contribution in [2.75, 3.05) is 25.3 Å². The number of benzene rings is 2. The van der Waals surface area contributed by atoms with Crippen molar-refractivity contribution in [3.05, 3.63) is 52.5 Å². The van der Waals surface area contributed by atoms with Crippen LogP contribution in [-0.2, 0) is 9.53 Å². The first-order valence-corrected chi connectivity index (χ1v) is 9.00. The van der Waals surface area contributed by atoms with Gasteiger partial charge >= 0.3 is 5.97 Å². The van der Waals surface area contributed by atoms with Crippen LogP contribution < -0.4 is 10.1 Å². The molecule has 0 aromatic heterocycles. The van der Waals surface area contributed by atoms with Crippen molar-refractivity contribution in [3.63, 3.8) is 0 Å². The predicted molar refractivity (Wildman–Crippen MR) is 97.8 cm³/mol. The summed E-state index contributed by atoms with van der Waals surface area (Å²) in [5.74, 6) is -0.601. The maximum atomic E-state index is 12.1. The summed E-state index contributed by atoms with van der Waals surface area (Å²) in [6.45, 7) is -0.373. The van der Waals surface area contributed by atoms with Crippen molar-refractivity contribution >= 4 is 45.3 Å². The average molecular weight is 410 g/mol. The molecule has 24 heavy (non-hydrogen) atoms. The minimum atomic E-state index is -0.606. The molecule has 2 aromatic rings. The van der Waals surface area contributed by atoms with Crippen LogP contribution in [0.3, 0.4) is 0 Å². The van der Waals surface area contributed by atoms with Gasteiger partial charge in [-0.15, -0.1) is 11.8 Å². The number of esters is 1. The Kier molecular flexibility index (Phi) is 6.69. The van der Waals surface area contributed by atoms with Crippen LogP contribution >= 0.6 is 27.7 Å². The van der Waals surface area contributed by atoms with Gasteiger partial charge in [-0.25, -0.2) is 4.79 Å². The number of ether oxygens (including phenoxy) is 2. The van der Waals surface area contributed by atoms with Gasteiger partial charge in [0.2, 0.25) is 0 Å². The monoisotopic (exact) mass is 409 g/mol. The van der Waals surface area contributed by atoms with E-state index in [0.29, 0.717) is 11.4 Å². The summed E-state index contributed by atoms with van der Waals surface area (Å²) >= 11 is 4.86. The summed E-state index contributed by atoms with van der Waals surface area (Å²) in [6, 6.07) is 12.3. The number of hydrogen-bond acceptors (Lipinski definition) is 5. The van der Waals surface area contributed by atoms with Gasteiger partial charge in [0.1, 0.15) is 11.3 Å². The summed E-state index contributed by atoms with van der Waals surface area (Å²) in [6.07, 6.45) is 1.93. The average Bonchev–Trinajstić information content (AvgIpc) is 2.61. The molecule has 2 rings (SSSR count). The molecular weight excluding hydrogens is 394 g/mol. The first-order valence-electron chi connectivity index (χ1n) is 6.98. The molecule has 0 aliphatic heterocycles. The lowest BCUT2D eigenvalue weighted by Crippen LogP contribution is -2.21. The van der Waals surface area contributed by atoms with Gasteiger partial charge in [0.05, 0.1) is 7.11 Å². The van der Waals surface area contributed by atoms with E-state index >= 15 is 0 Å². The molecule has 0 atom stereocenters. The van der Waals surface area contributed by atoms with E-state index in [1.807, 2.05) is 6.26 Å².